The fraction of sp³-hybridized carbons (Fsp3) is 0.345. The first kappa shape index (κ1) is 26.5. The highest BCUT2D eigenvalue weighted by atomic mass is 16.5. The molecule has 0 aromatic heterocycles. The van der Waals surface area contributed by atoms with Crippen LogP contribution >= 0.6 is 0 Å². The van der Waals surface area contributed by atoms with Gasteiger partial charge in [0.1, 0.15) is 28.9 Å². The van der Waals surface area contributed by atoms with E-state index in [1.54, 1.807) is 26.2 Å². The Morgan fingerprint density at radius 2 is 1.22 bits per heavy atom. The van der Waals surface area contributed by atoms with Gasteiger partial charge in [-0.05, 0) is 53.1 Å². The number of methoxy groups -OCH3 is 3. The molecule has 8 heteroatoms. The first-order chi connectivity index (χ1) is 17.9. The third kappa shape index (κ3) is 5.56. The number of aliphatic hydroxyl groups is 1. The number of hydrogen-bond donors (Lipinski definition) is 2. The van der Waals surface area contributed by atoms with Gasteiger partial charge in [-0.3, -0.25) is 9.69 Å². The van der Waals surface area contributed by atoms with Crippen LogP contribution in [0.15, 0.2) is 72.8 Å². The van der Waals surface area contributed by atoms with E-state index in [0.29, 0.717) is 13.1 Å². The zero-order chi connectivity index (χ0) is 26.4. The molecule has 0 radical (unpaired) electrons. The first-order valence-corrected chi connectivity index (χ1v) is 12.1. The number of ether oxygens (including phenoxy) is 4. The zero-order valence-corrected chi connectivity index (χ0v) is 21.3. The van der Waals surface area contributed by atoms with Crippen molar-refractivity contribution in [1.29, 1.82) is 0 Å². The average Bonchev–Trinajstić information content (AvgIpc) is 3.32. The molecule has 37 heavy (non-hydrogen) atoms. The molecule has 0 saturated carbocycles. The Bertz CT molecular complexity index is 1050. The van der Waals surface area contributed by atoms with Crippen molar-refractivity contribution >= 4 is 5.97 Å². The minimum Gasteiger partial charge on any atom is -0.497 e. The molecule has 2 atom stereocenters. The number of carboxylic acid groups (broad SMARTS) is 1. The van der Waals surface area contributed by atoms with Crippen LogP contribution < -0.4 is 14.2 Å². The molecular weight excluding hydrogens is 474 g/mol. The number of nitrogens with zero attached hydrogens (tertiary/aromatic N) is 1. The minimum atomic E-state index is -1.03. The van der Waals surface area contributed by atoms with Crippen molar-refractivity contribution < 1.29 is 34.0 Å². The number of hydrogen-bond acceptors (Lipinski definition) is 7. The third-order valence-electron chi connectivity index (χ3n) is 6.85. The highest BCUT2D eigenvalue weighted by molar-refractivity contribution is 5.74. The van der Waals surface area contributed by atoms with E-state index in [1.165, 1.54) is 0 Å². The van der Waals surface area contributed by atoms with Gasteiger partial charge in [0.15, 0.2) is 0 Å². The van der Waals surface area contributed by atoms with Crippen LogP contribution in [0.4, 0.5) is 0 Å². The summed E-state index contributed by atoms with van der Waals surface area (Å²) in [6.07, 6.45) is -0.466. The second-order valence-corrected chi connectivity index (χ2v) is 8.95. The molecule has 0 aliphatic carbocycles. The lowest BCUT2D eigenvalue weighted by molar-refractivity contribution is -0.142. The van der Waals surface area contributed by atoms with E-state index in [2.05, 4.69) is 0 Å². The van der Waals surface area contributed by atoms with Gasteiger partial charge >= 0.3 is 5.97 Å². The molecule has 4 rings (SSSR count). The number of likely N-dealkylation sites (tertiary alicyclic amines) is 1. The second-order valence-electron chi connectivity index (χ2n) is 8.95. The highest BCUT2D eigenvalue weighted by Crippen LogP contribution is 2.42. The summed E-state index contributed by atoms with van der Waals surface area (Å²) in [6.45, 7) is 0.861. The van der Waals surface area contributed by atoms with E-state index in [0.717, 1.165) is 33.9 Å². The van der Waals surface area contributed by atoms with Crippen molar-refractivity contribution in [2.75, 3.05) is 41.0 Å². The summed E-state index contributed by atoms with van der Waals surface area (Å²) in [7, 11) is 4.86. The minimum absolute atomic E-state index is 0.204. The monoisotopic (exact) mass is 507 g/mol. The van der Waals surface area contributed by atoms with Gasteiger partial charge in [0.05, 0.1) is 34.0 Å². The summed E-state index contributed by atoms with van der Waals surface area (Å²) in [5.41, 5.74) is 1.60. The Hall–Kier alpha value is -3.59. The molecule has 0 bridgehead atoms. The van der Waals surface area contributed by atoms with Gasteiger partial charge in [0.2, 0.25) is 0 Å². The Kier molecular flexibility index (Phi) is 8.33. The van der Waals surface area contributed by atoms with Crippen LogP contribution in [0.25, 0.3) is 0 Å². The molecule has 8 nitrogen and oxygen atoms in total. The second kappa shape index (κ2) is 11.6. The van der Waals surface area contributed by atoms with Crippen LogP contribution in [0, 0.1) is 0 Å². The quantitative estimate of drug-likeness (QED) is 0.381. The van der Waals surface area contributed by atoms with Crippen LogP contribution in [0.1, 0.15) is 23.1 Å². The van der Waals surface area contributed by atoms with Gasteiger partial charge in [-0.2, -0.15) is 0 Å². The standard InChI is InChI=1S/C29H33NO7/c1-34-24-10-4-20(5-11-24)29(21-6-12-25(35-2)13-7-21,22-8-14-26(36-3)15-9-22)37-17-16-30-19-23(31)18-27(30)28(32)33/h4-15,23,27,31H,16-19H2,1-3H3,(H,32,33)/t23-,27+/m1/s1. The third-order valence-corrected chi connectivity index (χ3v) is 6.85. The molecule has 3 aromatic carbocycles. The summed E-state index contributed by atoms with van der Waals surface area (Å²) >= 11 is 0. The Labute approximate surface area is 217 Å². The van der Waals surface area contributed by atoms with Gasteiger partial charge in [0, 0.05) is 19.5 Å². The van der Waals surface area contributed by atoms with Gasteiger partial charge < -0.3 is 29.2 Å². The number of benzene rings is 3. The smallest absolute Gasteiger partial charge is 0.321 e. The van der Waals surface area contributed by atoms with Crippen LogP contribution in [-0.4, -0.2) is 74.3 Å². The summed E-state index contributed by atoms with van der Waals surface area (Å²) < 4.78 is 23.0. The Morgan fingerprint density at radius 3 is 1.57 bits per heavy atom. The molecule has 0 spiro atoms. The van der Waals surface area contributed by atoms with Gasteiger partial charge in [-0.1, -0.05) is 36.4 Å². The molecule has 2 N–H and O–H groups in total. The molecule has 1 heterocycles. The average molecular weight is 508 g/mol. The van der Waals surface area contributed by atoms with Crippen LogP contribution in [0.2, 0.25) is 0 Å². The fourth-order valence-corrected chi connectivity index (χ4v) is 4.93. The van der Waals surface area contributed by atoms with Gasteiger partial charge in [-0.15, -0.1) is 0 Å². The van der Waals surface area contributed by atoms with Crippen molar-refractivity contribution in [3.8, 4) is 17.2 Å². The fourth-order valence-electron chi connectivity index (χ4n) is 4.93. The Balaban J connectivity index is 1.78. The van der Waals surface area contributed by atoms with Crippen molar-refractivity contribution in [2.24, 2.45) is 0 Å². The van der Waals surface area contributed by atoms with E-state index in [-0.39, 0.29) is 13.0 Å². The highest BCUT2D eigenvalue weighted by Gasteiger charge is 2.40. The van der Waals surface area contributed by atoms with E-state index < -0.39 is 23.7 Å². The maximum atomic E-state index is 11.7. The van der Waals surface area contributed by atoms with Crippen LogP contribution in [0.5, 0.6) is 17.2 Å². The topological polar surface area (TPSA) is 97.7 Å². The van der Waals surface area contributed by atoms with Crippen LogP contribution in [-0.2, 0) is 15.1 Å². The molecular formula is C29H33NO7. The number of β-amino-alcohol motifs (C(OH)–C–C–N with tert-alkyl or cyclic N) is 1. The van der Waals surface area contributed by atoms with Crippen molar-refractivity contribution in [1.82, 2.24) is 4.90 Å². The SMILES string of the molecule is COc1ccc(C(OCCN2C[C@H](O)C[C@H]2C(=O)O)(c2ccc(OC)cc2)c2ccc(OC)cc2)cc1. The van der Waals surface area contributed by atoms with Gasteiger partial charge in [0.25, 0.3) is 0 Å². The number of carbonyl (C=O) groups is 1. The lowest BCUT2D eigenvalue weighted by atomic mass is 9.80. The van der Waals surface area contributed by atoms with E-state index in [9.17, 15) is 15.0 Å². The zero-order valence-electron chi connectivity index (χ0n) is 21.3. The number of aliphatic carboxylic acids is 1. The van der Waals surface area contributed by atoms with E-state index in [4.69, 9.17) is 18.9 Å². The predicted octanol–water partition coefficient (Wildman–Crippen LogP) is 3.54. The number of carboxylic acids is 1. The van der Waals surface area contributed by atoms with Gasteiger partial charge in [-0.25, -0.2) is 0 Å². The normalized spacial score (nSPS) is 17.9. The van der Waals surface area contributed by atoms with E-state index in [1.807, 2.05) is 72.8 Å². The molecule has 1 aliphatic rings. The molecule has 196 valence electrons. The predicted molar refractivity (Wildman–Crippen MR) is 138 cm³/mol. The molecule has 1 fully saturated rings. The molecule has 3 aromatic rings. The summed E-state index contributed by atoms with van der Waals surface area (Å²) in [6, 6.07) is 22.4. The first-order valence-electron chi connectivity index (χ1n) is 12.1. The lowest BCUT2D eigenvalue weighted by Gasteiger charge is -2.37. The number of rotatable bonds is 11. The maximum Gasteiger partial charge on any atom is 0.321 e. The molecule has 0 amide bonds. The van der Waals surface area contributed by atoms with Crippen molar-refractivity contribution in [3.05, 3.63) is 89.5 Å². The Morgan fingerprint density at radius 1 is 0.811 bits per heavy atom. The summed E-state index contributed by atoms with van der Waals surface area (Å²) in [5, 5.41) is 19.7. The molecule has 1 aliphatic heterocycles. The van der Waals surface area contributed by atoms with Crippen molar-refractivity contribution in [2.45, 2.75) is 24.2 Å². The molecule has 0 unspecified atom stereocenters. The van der Waals surface area contributed by atoms with E-state index >= 15 is 0 Å². The lowest BCUT2D eigenvalue weighted by Crippen LogP contribution is -2.40. The summed E-state index contributed by atoms with van der Waals surface area (Å²) in [5.74, 6) is 1.22. The largest absolute Gasteiger partial charge is 0.497 e. The molecule has 1 saturated heterocycles. The summed E-state index contributed by atoms with van der Waals surface area (Å²) in [4.78, 5) is 13.5. The number of aliphatic hydroxyl groups excluding tert-OH is 1. The van der Waals surface area contributed by atoms with Crippen molar-refractivity contribution in [3.63, 3.8) is 0 Å². The maximum absolute atomic E-state index is 11.7. The van der Waals surface area contributed by atoms with Crippen LogP contribution in [0.3, 0.4) is 0 Å².